The standard InChI is InChI=1S/C9H7N3O5S/c13-6(14)4-17-11-7(15)5-3-10-9-12(8(5)16)1-2-18-9/h1-3H,4H2,(H,11,15)(H,13,14). The number of carboxylic acids is 1. The minimum absolute atomic E-state index is 0.226. The van der Waals surface area contributed by atoms with E-state index in [4.69, 9.17) is 5.11 Å². The number of rotatable bonds is 4. The van der Waals surface area contributed by atoms with E-state index in [0.717, 1.165) is 6.20 Å². The molecular formula is C9H7N3O5S. The summed E-state index contributed by atoms with van der Waals surface area (Å²) in [5, 5.41) is 9.97. The van der Waals surface area contributed by atoms with Gasteiger partial charge in [0.1, 0.15) is 5.56 Å². The normalized spacial score (nSPS) is 10.4. The predicted octanol–water partition coefficient (Wildman–Crippen LogP) is -0.498. The summed E-state index contributed by atoms with van der Waals surface area (Å²) in [6, 6.07) is 0. The van der Waals surface area contributed by atoms with E-state index < -0.39 is 24.0 Å². The third-order valence-electron chi connectivity index (χ3n) is 1.95. The van der Waals surface area contributed by atoms with E-state index in [0.29, 0.717) is 4.96 Å². The van der Waals surface area contributed by atoms with Crippen molar-refractivity contribution in [3.63, 3.8) is 0 Å². The molecule has 0 spiro atoms. The maximum atomic E-state index is 11.8. The van der Waals surface area contributed by atoms with Crippen LogP contribution in [0.2, 0.25) is 0 Å². The number of hydroxylamine groups is 1. The van der Waals surface area contributed by atoms with Crippen LogP contribution in [0, 0.1) is 0 Å². The monoisotopic (exact) mass is 269 g/mol. The first-order valence-corrected chi connectivity index (χ1v) is 5.56. The Morgan fingerprint density at radius 3 is 3.06 bits per heavy atom. The van der Waals surface area contributed by atoms with Crippen LogP contribution in [0.25, 0.3) is 4.96 Å². The van der Waals surface area contributed by atoms with Gasteiger partial charge in [0.05, 0.1) is 0 Å². The van der Waals surface area contributed by atoms with Crippen LogP contribution in [-0.2, 0) is 9.63 Å². The molecule has 0 radical (unpaired) electrons. The van der Waals surface area contributed by atoms with Crippen LogP contribution in [0.5, 0.6) is 0 Å². The molecule has 2 aromatic heterocycles. The smallest absolute Gasteiger partial charge is 0.332 e. The Morgan fingerprint density at radius 1 is 1.56 bits per heavy atom. The van der Waals surface area contributed by atoms with E-state index in [1.807, 2.05) is 5.48 Å². The number of thiazole rings is 1. The molecule has 9 heteroatoms. The Kier molecular flexibility index (Phi) is 3.35. The lowest BCUT2D eigenvalue weighted by Crippen LogP contribution is -2.32. The first-order valence-electron chi connectivity index (χ1n) is 4.68. The predicted molar refractivity (Wildman–Crippen MR) is 60.4 cm³/mol. The summed E-state index contributed by atoms with van der Waals surface area (Å²) in [5.41, 5.74) is 1.09. The van der Waals surface area contributed by atoms with Crippen molar-refractivity contribution in [2.75, 3.05) is 6.61 Å². The highest BCUT2D eigenvalue weighted by Gasteiger charge is 2.14. The summed E-state index contributed by atoms with van der Waals surface area (Å²) in [6.45, 7) is -0.693. The van der Waals surface area contributed by atoms with Gasteiger partial charge in [-0.3, -0.25) is 18.8 Å². The number of amides is 1. The van der Waals surface area contributed by atoms with Crippen molar-refractivity contribution in [2.45, 2.75) is 0 Å². The van der Waals surface area contributed by atoms with E-state index in [2.05, 4.69) is 9.82 Å². The third kappa shape index (κ3) is 2.36. The minimum atomic E-state index is -1.24. The summed E-state index contributed by atoms with van der Waals surface area (Å²) in [4.78, 5) is 42.3. The molecule has 2 heterocycles. The van der Waals surface area contributed by atoms with Crippen LogP contribution in [0.1, 0.15) is 10.4 Å². The highest BCUT2D eigenvalue weighted by atomic mass is 32.1. The fourth-order valence-electron chi connectivity index (χ4n) is 1.20. The zero-order chi connectivity index (χ0) is 13.1. The molecule has 0 aromatic carbocycles. The molecule has 0 fully saturated rings. The lowest BCUT2D eigenvalue weighted by molar-refractivity contribution is -0.144. The number of carbonyl (C=O) groups excluding carboxylic acids is 1. The molecule has 0 aliphatic carbocycles. The Hall–Kier alpha value is -2.26. The molecule has 1 amide bonds. The molecule has 0 saturated carbocycles. The number of carboxylic acid groups (broad SMARTS) is 1. The fourth-order valence-corrected chi connectivity index (χ4v) is 1.87. The average Bonchev–Trinajstić information content (AvgIpc) is 2.77. The van der Waals surface area contributed by atoms with Gasteiger partial charge in [0.15, 0.2) is 11.6 Å². The van der Waals surface area contributed by atoms with E-state index in [9.17, 15) is 14.4 Å². The molecule has 2 rings (SSSR count). The number of aromatic nitrogens is 2. The first-order chi connectivity index (χ1) is 8.59. The number of hydrogen-bond acceptors (Lipinski definition) is 6. The maximum absolute atomic E-state index is 11.8. The Bertz CT molecular complexity index is 662. The minimum Gasteiger partial charge on any atom is -0.479 e. The summed E-state index contributed by atoms with van der Waals surface area (Å²) >= 11 is 1.25. The molecule has 0 bridgehead atoms. The molecule has 0 saturated heterocycles. The second kappa shape index (κ2) is 4.94. The van der Waals surface area contributed by atoms with Crippen molar-refractivity contribution in [3.05, 3.63) is 33.7 Å². The second-order valence-corrected chi connectivity index (χ2v) is 4.02. The van der Waals surface area contributed by atoms with Gasteiger partial charge in [0.25, 0.3) is 11.5 Å². The fraction of sp³-hybridized carbons (Fsp3) is 0.111. The van der Waals surface area contributed by atoms with Crippen LogP contribution in [-0.4, -0.2) is 33.0 Å². The van der Waals surface area contributed by atoms with E-state index in [-0.39, 0.29) is 5.56 Å². The maximum Gasteiger partial charge on any atom is 0.332 e. The first kappa shape index (κ1) is 12.2. The highest BCUT2D eigenvalue weighted by Crippen LogP contribution is 2.05. The largest absolute Gasteiger partial charge is 0.479 e. The SMILES string of the molecule is O=C(O)CONC(=O)c1cnc2sccn2c1=O. The van der Waals surface area contributed by atoms with Crippen molar-refractivity contribution in [1.29, 1.82) is 0 Å². The van der Waals surface area contributed by atoms with Gasteiger partial charge in [-0.25, -0.2) is 15.3 Å². The molecule has 0 unspecified atom stereocenters. The third-order valence-corrected chi connectivity index (χ3v) is 2.72. The summed E-state index contributed by atoms with van der Waals surface area (Å²) in [7, 11) is 0. The zero-order valence-electron chi connectivity index (χ0n) is 8.82. The van der Waals surface area contributed by atoms with Crippen molar-refractivity contribution in [2.24, 2.45) is 0 Å². The number of aliphatic carboxylic acids is 1. The van der Waals surface area contributed by atoms with Gasteiger partial charge in [0.2, 0.25) is 0 Å². The van der Waals surface area contributed by atoms with E-state index >= 15 is 0 Å². The molecule has 8 nitrogen and oxygen atoms in total. The van der Waals surface area contributed by atoms with Crippen LogP contribution in [0.3, 0.4) is 0 Å². The van der Waals surface area contributed by atoms with E-state index in [1.54, 1.807) is 5.38 Å². The van der Waals surface area contributed by atoms with Gasteiger partial charge in [-0.2, -0.15) is 0 Å². The lowest BCUT2D eigenvalue weighted by Gasteiger charge is -2.03. The quantitative estimate of drug-likeness (QED) is 0.724. The van der Waals surface area contributed by atoms with E-state index in [1.165, 1.54) is 21.9 Å². The van der Waals surface area contributed by atoms with Gasteiger partial charge >= 0.3 is 5.97 Å². The molecule has 0 aliphatic rings. The number of fused-ring (bicyclic) bond motifs is 1. The molecule has 2 aromatic rings. The highest BCUT2D eigenvalue weighted by molar-refractivity contribution is 7.15. The van der Waals surface area contributed by atoms with Crippen molar-refractivity contribution < 1.29 is 19.5 Å². The molecule has 0 atom stereocenters. The van der Waals surface area contributed by atoms with Crippen LogP contribution in [0.15, 0.2) is 22.6 Å². The molecule has 94 valence electrons. The van der Waals surface area contributed by atoms with Crippen LogP contribution < -0.4 is 11.0 Å². The van der Waals surface area contributed by atoms with Gasteiger partial charge in [-0.1, -0.05) is 0 Å². The number of hydrogen-bond donors (Lipinski definition) is 2. The zero-order valence-corrected chi connectivity index (χ0v) is 9.64. The Labute approximate surface area is 103 Å². The van der Waals surface area contributed by atoms with Gasteiger partial charge in [0, 0.05) is 17.8 Å². The number of nitrogens with zero attached hydrogens (tertiary/aromatic N) is 2. The number of carbonyl (C=O) groups is 2. The molecule has 18 heavy (non-hydrogen) atoms. The second-order valence-electron chi connectivity index (χ2n) is 3.15. The van der Waals surface area contributed by atoms with Crippen molar-refractivity contribution >= 4 is 28.2 Å². The molecule has 2 N–H and O–H groups in total. The Morgan fingerprint density at radius 2 is 2.33 bits per heavy atom. The summed E-state index contributed by atoms with van der Waals surface area (Å²) in [6.07, 6.45) is 2.61. The topological polar surface area (TPSA) is 110 Å². The summed E-state index contributed by atoms with van der Waals surface area (Å²) in [5.74, 6) is -2.08. The van der Waals surface area contributed by atoms with Crippen molar-refractivity contribution in [1.82, 2.24) is 14.9 Å². The molecular weight excluding hydrogens is 262 g/mol. The van der Waals surface area contributed by atoms with Gasteiger partial charge in [-0.05, 0) is 0 Å². The van der Waals surface area contributed by atoms with Crippen molar-refractivity contribution in [3.8, 4) is 0 Å². The number of nitrogens with one attached hydrogen (secondary N) is 1. The lowest BCUT2D eigenvalue weighted by atomic mass is 10.3. The van der Waals surface area contributed by atoms with Gasteiger partial charge < -0.3 is 5.11 Å². The molecule has 0 aliphatic heterocycles. The van der Waals surface area contributed by atoms with Crippen LogP contribution >= 0.6 is 11.3 Å². The summed E-state index contributed by atoms with van der Waals surface area (Å²) < 4.78 is 1.22. The van der Waals surface area contributed by atoms with Crippen LogP contribution in [0.4, 0.5) is 0 Å². The average molecular weight is 269 g/mol. The van der Waals surface area contributed by atoms with Gasteiger partial charge in [-0.15, -0.1) is 11.3 Å². The Balaban J connectivity index is 2.20.